The smallest absolute Gasteiger partial charge is 0.239 e. The Morgan fingerprint density at radius 1 is 0.923 bits per heavy atom. The number of hydrogen-bond donors (Lipinski definition) is 1. The Hall–Kier alpha value is -3.35. The van der Waals surface area contributed by atoms with Gasteiger partial charge in [-0.2, -0.15) is 0 Å². The van der Waals surface area contributed by atoms with E-state index < -0.39 is 5.43 Å². The number of rotatable bonds is 5. The number of hydrogen-bond acceptors (Lipinski definition) is 7. The summed E-state index contributed by atoms with van der Waals surface area (Å²) in [6, 6.07) is 8.50. The van der Waals surface area contributed by atoms with E-state index in [0.717, 1.165) is 0 Å². The van der Waals surface area contributed by atoms with Crippen molar-refractivity contribution in [3.63, 3.8) is 0 Å². The molecule has 0 amide bonds. The highest BCUT2D eigenvalue weighted by molar-refractivity contribution is 5.91. The molecule has 7 nitrogen and oxygen atoms in total. The minimum Gasteiger partial charge on any atom is -0.504 e. The molecule has 0 bridgehead atoms. The lowest BCUT2D eigenvalue weighted by molar-refractivity contribution is 0.334. The van der Waals surface area contributed by atoms with Gasteiger partial charge in [0.25, 0.3) is 0 Å². The molecule has 0 aliphatic carbocycles. The van der Waals surface area contributed by atoms with Gasteiger partial charge in [0.1, 0.15) is 16.7 Å². The van der Waals surface area contributed by atoms with Crippen molar-refractivity contribution in [2.24, 2.45) is 0 Å². The van der Waals surface area contributed by atoms with Crippen molar-refractivity contribution < 1.29 is 28.5 Å². The highest BCUT2D eigenvalue weighted by atomic mass is 16.5. The maximum absolute atomic E-state index is 12.9. The van der Waals surface area contributed by atoms with E-state index in [9.17, 15) is 9.90 Å². The third-order valence-corrected chi connectivity index (χ3v) is 4.00. The molecule has 3 aromatic rings. The van der Waals surface area contributed by atoms with Crippen LogP contribution in [0.1, 0.15) is 0 Å². The second-order valence-electron chi connectivity index (χ2n) is 5.36. The van der Waals surface area contributed by atoms with Crippen molar-refractivity contribution in [3.05, 3.63) is 40.6 Å². The van der Waals surface area contributed by atoms with Gasteiger partial charge < -0.3 is 28.5 Å². The Balaban J connectivity index is 2.40. The molecule has 0 unspecified atom stereocenters. The van der Waals surface area contributed by atoms with E-state index >= 15 is 0 Å². The first-order valence-corrected chi connectivity index (χ1v) is 7.68. The van der Waals surface area contributed by atoms with Gasteiger partial charge in [0.2, 0.25) is 16.9 Å². The van der Waals surface area contributed by atoms with Gasteiger partial charge in [-0.1, -0.05) is 12.1 Å². The van der Waals surface area contributed by atoms with Crippen LogP contribution < -0.4 is 24.4 Å². The monoisotopic (exact) mass is 358 g/mol. The van der Waals surface area contributed by atoms with Crippen molar-refractivity contribution in [2.45, 2.75) is 0 Å². The van der Waals surface area contributed by atoms with Crippen LogP contribution in [0.4, 0.5) is 0 Å². The zero-order valence-electron chi connectivity index (χ0n) is 14.8. The number of aromatic hydroxyl groups is 1. The number of phenols is 1. The van der Waals surface area contributed by atoms with Crippen LogP contribution in [0.25, 0.3) is 22.3 Å². The summed E-state index contributed by atoms with van der Waals surface area (Å²) in [5.74, 6) is 0.697. The largest absolute Gasteiger partial charge is 0.504 e. The first-order chi connectivity index (χ1) is 12.5. The van der Waals surface area contributed by atoms with Crippen molar-refractivity contribution in [2.75, 3.05) is 28.4 Å². The van der Waals surface area contributed by atoms with Gasteiger partial charge in [-0.3, -0.25) is 4.79 Å². The van der Waals surface area contributed by atoms with Crippen molar-refractivity contribution in [3.8, 4) is 40.1 Å². The Labute approximate surface area is 149 Å². The number of ether oxygens (including phenoxy) is 4. The van der Waals surface area contributed by atoms with Gasteiger partial charge in [0, 0.05) is 11.6 Å². The molecule has 1 N–H and O–H groups in total. The maximum Gasteiger partial charge on any atom is 0.239 e. The maximum atomic E-state index is 12.9. The molecule has 0 saturated carbocycles. The first kappa shape index (κ1) is 17.5. The predicted octanol–water partition coefficient (Wildman–Crippen LogP) is 3.20. The average Bonchev–Trinajstić information content (AvgIpc) is 2.67. The van der Waals surface area contributed by atoms with Gasteiger partial charge in [0.05, 0.1) is 28.4 Å². The zero-order valence-corrected chi connectivity index (χ0v) is 14.8. The molecule has 7 heteroatoms. The van der Waals surface area contributed by atoms with Crippen LogP contribution in [0.2, 0.25) is 0 Å². The van der Waals surface area contributed by atoms with Crippen molar-refractivity contribution in [1.29, 1.82) is 0 Å². The van der Waals surface area contributed by atoms with Crippen molar-refractivity contribution >= 4 is 11.0 Å². The summed E-state index contributed by atoms with van der Waals surface area (Å²) in [6.45, 7) is 0. The Kier molecular flexibility index (Phi) is 4.62. The fraction of sp³-hybridized carbons (Fsp3) is 0.211. The quantitative estimate of drug-likeness (QED) is 0.749. The summed E-state index contributed by atoms with van der Waals surface area (Å²) in [5.41, 5.74) is 0.211. The predicted molar refractivity (Wildman–Crippen MR) is 95.8 cm³/mol. The standard InChI is InChI=1S/C19H18O7/c1-22-11-7-5-6-10(8-11)17-19(25-4)16(21)14-12(26-17)9-13(23-2)18(24-3)15(14)20/h5-9,20H,1-4H3. The van der Waals surface area contributed by atoms with Gasteiger partial charge >= 0.3 is 0 Å². The highest BCUT2D eigenvalue weighted by Gasteiger charge is 2.24. The summed E-state index contributed by atoms with van der Waals surface area (Å²) < 4.78 is 26.7. The van der Waals surface area contributed by atoms with E-state index in [1.807, 2.05) is 0 Å². The molecule has 1 heterocycles. The minimum absolute atomic E-state index is 0.0340. The number of phenolic OH excluding ortho intramolecular Hbond substituents is 1. The third kappa shape index (κ3) is 2.67. The number of benzene rings is 2. The van der Waals surface area contributed by atoms with E-state index in [1.54, 1.807) is 31.4 Å². The number of fused-ring (bicyclic) bond motifs is 1. The second-order valence-corrected chi connectivity index (χ2v) is 5.36. The zero-order chi connectivity index (χ0) is 18.8. The third-order valence-electron chi connectivity index (χ3n) is 4.00. The molecule has 3 rings (SSSR count). The second kappa shape index (κ2) is 6.87. The molecule has 2 aromatic carbocycles. The van der Waals surface area contributed by atoms with E-state index in [-0.39, 0.29) is 39.7 Å². The van der Waals surface area contributed by atoms with Gasteiger partial charge in [-0.25, -0.2) is 0 Å². The van der Waals surface area contributed by atoms with Crippen LogP contribution >= 0.6 is 0 Å². The topological polar surface area (TPSA) is 87.4 Å². The summed E-state index contributed by atoms with van der Waals surface area (Å²) in [4.78, 5) is 12.9. The van der Waals surface area contributed by atoms with Gasteiger partial charge in [-0.15, -0.1) is 0 Å². The van der Waals surface area contributed by atoms with Crippen LogP contribution in [0.15, 0.2) is 39.5 Å². The lowest BCUT2D eigenvalue weighted by Gasteiger charge is -2.14. The normalized spacial score (nSPS) is 10.6. The first-order valence-electron chi connectivity index (χ1n) is 7.68. The summed E-state index contributed by atoms with van der Waals surface area (Å²) in [5, 5.41) is 10.4. The van der Waals surface area contributed by atoms with Crippen LogP contribution in [0.5, 0.6) is 28.7 Å². The molecule has 0 atom stereocenters. The van der Waals surface area contributed by atoms with Crippen LogP contribution in [-0.4, -0.2) is 33.5 Å². The van der Waals surface area contributed by atoms with E-state index in [2.05, 4.69) is 0 Å². The van der Waals surface area contributed by atoms with Crippen LogP contribution in [0, 0.1) is 0 Å². The van der Waals surface area contributed by atoms with Gasteiger partial charge in [-0.05, 0) is 12.1 Å². The molecule has 26 heavy (non-hydrogen) atoms. The average molecular weight is 358 g/mol. The molecule has 0 aliphatic rings. The molecule has 0 fully saturated rings. The molecule has 136 valence electrons. The molecular weight excluding hydrogens is 340 g/mol. The molecule has 0 spiro atoms. The molecule has 0 radical (unpaired) electrons. The van der Waals surface area contributed by atoms with Crippen LogP contribution in [-0.2, 0) is 0 Å². The van der Waals surface area contributed by atoms with Gasteiger partial charge in [0.15, 0.2) is 17.3 Å². The fourth-order valence-corrected chi connectivity index (χ4v) is 2.77. The highest BCUT2D eigenvalue weighted by Crippen LogP contribution is 2.43. The Bertz CT molecular complexity index is 1020. The summed E-state index contributed by atoms with van der Waals surface area (Å²) >= 11 is 0. The summed E-state index contributed by atoms with van der Waals surface area (Å²) in [6.07, 6.45) is 0. The van der Waals surface area contributed by atoms with Crippen LogP contribution in [0.3, 0.4) is 0 Å². The molecule has 1 aromatic heterocycles. The Morgan fingerprint density at radius 3 is 2.27 bits per heavy atom. The van der Waals surface area contributed by atoms with E-state index in [0.29, 0.717) is 11.3 Å². The lowest BCUT2D eigenvalue weighted by atomic mass is 10.1. The lowest BCUT2D eigenvalue weighted by Crippen LogP contribution is -2.08. The minimum atomic E-state index is -0.523. The Morgan fingerprint density at radius 2 is 1.65 bits per heavy atom. The van der Waals surface area contributed by atoms with E-state index in [1.165, 1.54) is 27.4 Å². The summed E-state index contributed by atoms with van der Waals surface area (Å²) in [7, 11) is 5.70. The fourth-order valence-electron chi connectivity index (χ4n) is 2.77. The molecular formula is C19H18O7. The molecule has 0 saturated heterocycles. The van der Waals surface area contributed by atoms with Crippen molar-refractivity contribution in [1.82, 2.24) is 0 Å². The van der Waals surface area contributed by atoms with E-state index in [4.69, 9.17) is 23.4 Å². The SMILES string of the molecule is COc1cccc(-c2oc3cc(OC)c(OC)c(O)c3c(=O)c2OC)c1. The molecule has 0 aliphatic heterocycles. The number of methoxy groups -OCH3 is 4.